The number of nitrogens with zero attached hydrogens (tertiary/aromatic N) is 3. The number of carbonyl (C=O) groups excluding carboxylic acids is 1. The van der Waals surface area contributed by atoms with Crippen molar-refractivity contribution < 1.29 is 9.53 Å². The van der Waals surface area contributed by atoms with E-state index in [1.54, 1.807) is 42.7 Å². The number of hydrogen-bond acceptors (Lipinski definition) is 5. The van der Waals surface area contributed by atoms with Crippen LogP contribution in [0, 0.1) is 0 Å². The molecule has 0 radical (unpaired) electrons. The molecule has 0 spiro atoms. The Labute approximate surface area is 164 Å². The third kappa shape index (κ3) is 4.28. The van der Waals surface area contributed by atoms with E-state index >= 15 is 0 Å². The molecule has 1 aromatic heterocycles. The molecule has 0 bridgehead atoms. The number of benzene rings is 2. The minimum atomic E-state index is -0.110. The van der Waals surface area contributed by atoms with E-state index in [0.717, 1.165) is 18.8 Å². The SMILES string of the molecule is O=C(Nc1ccc(Oc2ncccn2)cc1)c1ccccc1N1CCCCC1. The predicted molar refractivity (Wildman–Crippen MR) is 109 cm³/mol. The number of rotatable bonds is 5. The van der Waals surface area contributed by atoms with Crippen molar-refractivity contribution in [1.82, 2.24) is 9.97 Å². The molecule has 4 rings (SSSR count). The molecule has 2 heterocycles. The Morgan fingerprint density at radius 2 is 1.61 bits per heavy atom. The highest BCUT2D eigenvalue weighted by molar-refractivity contribution is 6.08. The molecule has 1 saturated heterocycles. The lowest BCUT2D eigenvalue weighted by Crippen LogP contribution is -2.31. The van der Waals surface area contributed by atoms with Gasteiger partial charge in [0.05, 0.1) is 5.56 Å². The smallest absolute Gasteiger partial charge is 0.321 e. The molecular formula is C22H22N4O2. The molecule has 1 amide bonds. The van der Waals surface area contributed by atoms with Gasteiger partial charge in [0.2, 0.25) is 0 Å². The molecule has 0 unspecified atom stereocenters. The van der Waals surface area contributed by atoms with E-state index in [1.807, 2.05) is 24.3 Å². The monoisotopic (exact) mass is 374 g/mol. The quantitative estimate of drug-likeness (QED) is 0.712. The number of ether oxygens (including phenoxy) is 1. The Morgan fingerprint density at radius 3 is 2.36 bits per heavy atom. The van der Waals surface area contributed by atoms with Crippen molar-refractivity contribution in [2.45, 2.75) is 19.3 Å². The van der Waals surface area contributed by atoms with Crippen molar-refractivity contribution >= 4 is 17.3 Å². The summed E-state index contributed by atoms with van der Waals surface area (Å²) in [7, 11) is 0. The maximum Gasteiger partial charge on any atom is 0.321 e. The Morgan fingerprint density at radius 1 is 0.893 bits per heavy atom. The highest BCUT2D eigenvalue weighted by atomic mass is 16.5. The third-order valence-corrected chi connectivity index (χ3v) is 4.71. The van der Waals surface area contributed by atoms with Crippen LogP contribution in [0.15, 0.2) is 67.0 Å². The van der Waals surface area contributed by atoms with Crippen molar-refractivity contribution in [3.63, 3.8) is 0 Å². The lowest BCUT2D eigenvalue weighted by atomic mass is 10.1. The summed E-state index contributed by atoms with van der Waals surface area (Å²) in [5, 5.41) is 2.98. The number of para-hydroxylation sites is 1. The highest BCUT2D eigenvalue weighted by Gasteiger charge is 2.18. The number of carbonyl (C=O) groups is 1. The highest BCUT2D eigenvalue weighted by Crippen LogP contribution is 2.26. The predicted octanol–water partition coefficient (Wildman–Crippen LogP) is 4.51. The van der Waals surface area contributed by atoms with E-state index in [2.05, 4.69) is 20.2 Å². The molecule has 28 heavy (non-hydrogen) atoms. The number of anilines is 2. The van der Waals surface area contributed by atoms with Crippen LogP contribution in [0.5, 0.6) is 11.8 Å². The second-order valence-corrected chi connectivity index (χ2v) is 6.68. The van der Waals surface area contributed by atoms with E-state index < -0.39 is 0 Å². The summed E-state index contributed by atoms with van der Waals surface area (Å²) >= 11 is 0. The number of amides is 1. The van der Waals surface area contributed by atoms with Gasteiger partial charge in [-0.3, -0.25) is 4.79 Å². The van der Waals surface area contributed by atoms with Crippen LogP contribution in [0.2, 0.25) is 0 Å². The fourth-order valence-corrected chi connectivity index (χ4v) is 3.32. The molecule has 0 saturated carbocycles. The van der Waals surface area contributed by atoms with Gasteiger partial charge in [0.25, 0.3) is 5.91 Å². The Hall–Kier alpha value is -3.41. The molecule has 6 heteroatoms. The van der Waals surface area contributed by atoms with Crippen molar-refractivity contribution in [3.05, 3.63) is 72.6 Å². The van der Waals surface area contributed by atoms with Gasteiger partial charge < -0.3 is 15.0 Å². The van der Waals surface area contributed by atoms with Gasteiger partial charge in [-0.1, -0.05) is 12.1 Å². The summed E-state index contributed by atoms with van der Waals surface area (Å²) < 4.78 is 5.58. The van der Waals surface area contributed by atoms with Gasteiger partial charge in [-0.15, -0.1) is 0 Å². The van der Waals surface area contributed by atoms with Crippen LogP contribution in [0.4, 0.5) is 11.4 Å². The number of aromatic nitrogens is 2. The van der Waals surface area contributed by atoms with Gasteiger partial charge >= 0.3 is 6.01 Å². The lowest BCUT2D eigenvalue weighted by Gasteiger charge is -2.30. The van der Waals surface area contributed by atoms with Crippen LogP contribution in [0.25, 0.3) is 0 Å². The van der Waals surface area contributed by atoms with Gasteiger partial charge in [-0.05, 0) is 61.7 Å². The van der Waals surface area contributed by atoms with Crippen LogP contribution in [0.1, 0.15) is 29.6 Å². The van der Waals surface area contributed by atoms with E-state index in [9.17, 15) is 4.79 Å². The van der Waals surface area contributed by atoms with Crippen LogP contribution in [0.3, 0.4) is 0 Å². The lowest BCUT2D eigenvalue weighted by molar-refractivity contribution is 0.102. The first-order chi connectivity index (χ1) is 13.8. The van der Waals surface area contributed by atoms with Gasteiger partial charge in [0, 0.05) is 36.9 Å². The zero-order valence-corrected chi connectivity index (χ0v) is 15.5. The summed E-state index contributed by atoms with van der Waals surface area (Å²) in [6.45, 7) is 2.00. The molecule has 0 atom stereocenters. The minimum absolute atomic E-state index is 0.110. The van der Waals surface area contributed by atoms with E-state index in [4.69, 9.17) is 4.74 Å². The van der Waals surface area contributed by atoms with Crippen molar-refractivity contribution in [1.29, 1.82) is 0 Å². The summed E-state index contributed by atoms with van der Waals surface area (Å²) in [6.07, 6.45) is 6.84. The fourth-order valence-electron chi connectivity index (χ4n) is 3.32. The zero-order chi connectivity index (χ0) is 19.2. The van der Waals surface area contributed by atoms with Gasteiger partial charge in [0.1, 0.15) is 5.75 Å². The molecule has 0 aliphatic carbocycles. The molecule has 1 N–H and O–H groups in total. The van der Waals surface area contributed by atoms with Gasteiger partial charge in [0.15, 0.2) is 0 Å². The molecule has 142 valence electrons. The molecule has 1 aliphatic rings. The van der Waals surface area contributed by atoms with Crippen molar-refractivity contribution in [3.8, 4) is 11.8 Å². The minimum Gasteiger partial charge on any atom is -0.424 e. The van der Waals surface area contributed by atoms with Crippen LogP contribution in [-0.2, 0) is 0 Å². The summed E-state index contributed by atoms with van der Waals surface area (Å²) in [5.74, 6) is 0.499. The first kappa shape index (κ1) is 18.0. The van der Waals surface area contributed by atoms with Crippen LogP contribution >= 0.6 is 0 Å². The van der Waals surface area contributed by atoms with Crippen molar-refractivity contribution in [2.75, 3.05) is 23.3 Å². The van der Waals surface area contributed by atoms with Gasteiger partial charge in [-0.25, -0.2) is 9.97 Å². The molecule has 2 aromatic carbocycles. The first-order valence-electron chi connectivity index (χ1n) is 9.50. The Balaban J connectivity index is 1.45. The average Bonchev–Trinajstić information content (AvgIpc) is 2.76. The summed E-state index contributed by atoms with van der Waals surface area (Å²) in [6, 6.07) is 17.0. The molecule has 1 fully saturated rings. The number of hydrogen-bond donors (Lipinski definition) is 1. The van der Waals surface area contributed by atoms with E-state index in [1.165, 1.54) is 19.3 Å². The van der Waals surface area contributed by atoms with Gasteiger partial charge in [-0.2, -0.15) is 0 Å². The van der Waals surface area contributed by atoms with E-state index in [0.29, 0.717) is 17.0 Å². The van der Waals surface area contributed by atoms with Crippen molar-refractivity contribution in [2.24, 2.45) is 0 Å². The first-order valence-corrected chi connectivity index (χ1v) is 9.50. The molecule has 1 aliphatic heterocycles. The molecule has 3 aromatic rings. The third-order valence-electron chi connectivity index (χ3n) is 4.71. The topological polar surface area (TPSA) is 67.3 Å². The molecular weight excluding hydrogens is 352 g/mol. The summed E-state index contributed by atoms with van der Waals surface area (Å²) in [5.41, 5.74) is 2.41. The number of nitrogens with one attached hydrogen (secondary N) is 1. The summed E-state index contributed by atoms with van der Waals surface area (Å²) in [4.78, 5) is 23.2. The van der Waals surface area contributed by atoms with Crippen LogP contribution in [-0.4, -0.2) is 29.0 Å². The number of piperidine rings is 1. The standard InChI is InChI=1S/C22H22N4O2/c27-21(19-7-2-3-8-20(19)26-15-4-1-5-16-26)25-17-9-11-18(12-10-17)28-22-23-13-6-14-24-22/h2-3,6-14H,1,4-5,15-16H2,(H,25,27). The zero-order valence-electron chi connectivity index (χ0n) is 15.5. The largest absolute Gasteiger partial charge is 0.424 e. The Bertz CT molecular complexity index is 923. The Kier molecular flexibility index (Phi) is 5.47. The van der Waals surface area contributed by atoms with Crippen LogP contribution < -0.4 is 15.0 Å². The maximum absolute atomic E-state index is 12.9. The second-order valence-electron chi connectivity index (χ2n) is 6.68. The maximum atomic E-state index is 12.9. The second kappa shape index (κ2) is 8.52. The average molecular weight is 374 g/mol. The normalized spacial score (nSPS) is 13.8. The fraction of sp³-hybridized carbons (Fsp3) is 0.227. The molecule has 6 nitrogen and oxygen atoms in total. The van der Waals surface area contributed by atoms with E-state index in [-0.39, 0.29) is 11.9 Å².